The number of carbonyl (C=O) groups is 1. The van der Waals surface area contributed by atoms with Crippen molar-refractivity contribution in [2.24, 2.45) is 0 Å². The van der Waals surface area contributed by atoms with Crippen LogP contribution in [0.4, 0.5) is 5.13 Å². The third-order valence-electron chi connectivity index (χ3n) is 5.07. The molecule has 30 heavy (non-hydrogen) atoms. The van der Waals surface area contributed by atoms with E-state index in [1.807, 2.05) is 36.4 Å². The van der Waals surface area contributed by atoms with E-state index in [-0.39, 0.29) is 18.3 Å². The number of thiazole rings is 1. The molecule has 0 bridgehead atoms. The van der Waals surface area contributed by atoms with Gasteiger partial charge in [0, 0.05) is 42.8 Å². The molecule has 1 aliphatic heterocycles. The van der Waals surface area contributed by atoms with Crippen LogP contribution < -0.4 is 15.0 Å². The number of para-hydroxylation sites is 1. The SMILES string of the molecule is COc1cccc2sc(N3CCN(CCNC(=O)c4ccccc4I)CC3)nc12.Cl. The molecule has 9 heteroatoms. The summed E-state index contributed by atoms with van der Waals surface area (Å²) < 4.78 is 7.56. The van der Waals surface area contributed by atoms with E-state index in [9.17, 15) is 4.79 Å². The lowest BCUT2D eigenvalue weighted by Gasteiger charge is -2.34. The van der Waals surface area contributed by atoms with Crippen molar-refractivity contribution < 1.29 is 9.53 Å². The van der Waals surface area contributed by atoms with E-state index in [0.29, 0.717) is 6.54 Å². The third-order valence-corrected chi connectivity index (χ3v) is 7.09. The van der Waals surface area contributed by atoms with E-state index >= 15 is 0 Å². The summed E-state index contributed by atoms with van der Waals surface area (Å²) in [6, 6.07) is 13.7. The number of nitrogens with zero attached hydrogens (tertiary/aromatic N) is 3. The summed E-state index contributed by atoms with van der Waals surface area (Å²) in [5.41, 5.74) is 1.68. The molecule has 2 heterocycles. The molecule has 0 radical (unpaired) electrons. The molecule has 1 amide bonds. The minimum Gasteiger partial charge on any atom is -0.494 e. The van der Waals surface area contributed by atoms with Gasteiger partial charge < -0.3 is 15.0 Å². The maximum atomic E-state index is 12.3. The van der Waals surface area contributed by atoms with E-state index in [1.165, 1.54) is 0 Å². The van der Waals surface area contributed by atoms with Crippen molar-refractivity contribution in [2.45, 2.75) is 0 Å². The van der Waals surface area contributed by atoms with Crippen LogP contribution in [-0.2, 0) is 0 Å². The van der Waals surface area contributed by atoms with Gasteiger partial charge in [-0.05, 0) is 46.9 Å². The van der Waals surface area contributed by atoms with Gasteiger partial charge in [-0.1, -0.05) is 29.5 Å². The molecule has 0 unspecified atom stereocenters. The lowest BCUT2D eigenvalue weighted by molar-refractivity contribution is 0.0947. The summed E-state index contributed by atoms with van der Waals surface area (Å²) in [6.45, 7) is 5.32. The van der Waals surface area contributed by atoms with Crippen LogP contribution in [0.3, 0.4) is 0 Å². The number of halogens is 2. The number of piperazine rings is 1. The molecular weight excluding hydrogens is 535 g/mol. The molecule has 1 fully saturated rings. The standard InChI is InChI=1S/C21H23IN4O2S.ClH/c1-28-17-7-4-8-18-19(17)24-21(29-18)26-13-11-25(12-14-26)10-9-23-20(27)15-5-2-3-6-16(15)22;/h2-8H,9-14H2,1H3,(H,23,27);1H. The first-order valence-corrected chi connectivity index (χ1v) is 11.5. The second-order valence-corrected chi connectivity index (χ2v) is 9.04. The van der Waals surface area contributed by atoms with Gasteiger partial charge in [-0.25, -0.2) is 4.98 Å². The van der Waals surface area contributed by atoms with Crippen LogP contribution in [0.5, 0.6) is 5.75 Å². The Morgan fingerprint density at radius 3 is 2.67 bits per heavy atom. The van der Waals surface area contributed by atoms with Crippen molar-refractivity contribution in [3.8, 4) is 5.75 Å². The smallest absolute Gasteiger partial charge is 0.252 e. The molecule has 0 aliphatic carbocycles. The molecule has 3 aromatic rings. The number of hydrogen-bond donors (Lipinski definition) is 1. The van der Waals surface area contributed by atoms with Crippen LogP contribution >= 0.6 is 46.3 Å². The topological polar surface area (TPSA) is 57.7 Å². The molecule has 0 saturated carbocycles. The van der Waals surface area contributed by atoms with Crippen LogP contribution in [0.15, 0.2) is 42.5 Å². The van der Waals surface area contributed by atoms with E-state index < -0.39 is 0 Å². The average Bonchev–Trinajstić information content (AvgIpc) is 3.19. The second-order valence-electron chi connectivity index (χ2n) is 6.87. The fraction of sp³-hybridized carbons (Fsp3) is 0.333. The Morgan fingerprint density at radius 1 is 1.17 bits per heavy atom. The van der Waals surface area contributed by atoms with Crippen LogP contribution in [0.25, 0.3) is 10.2 Å². The Hall–Kier alpha value is -1.62. The largest absolute Gasteiger partial charge is 0.494 e. The monoisotopic (exact) mass is 558 g/mol. The maximum Gasteiger partial charge on any atom is 0.252 e. The summed E-state index contributed by atoms with van der Waals surface area (Å²) >= 11 is 3.91. The highest BCUT2D eigenvalue weighted by Crippen LogP contribution is 2.34. The van der Waals surface area contributed by atoms with Gasteiger partial charge in [0.1, 0.15) is 11.3 Å². The Bertz CT molecular complexity index is 1010. The van der Waals surface area contributed by atoms with Crippen molar-refractivity contribution in [1.29, 1.82) is 0 Å². The minimum atomic E-state index is -0.00272. The fourth-order valence-electron chi connectivity index (χ4n) is 3.44. The molecule has 6 nitrogen and oxygen atoms in total. The van der Waals surface area contributed by atoms with Crippen molar-refractivity contribution in [3.05, 3.63) is 51.6 Å². The average molecular weight is 559 g/mol. The van der Waals surface area contributed by atoms with E-state index in [0.717, 1.165) is 63.0 Å². The Kier molecular flexibility index (Phi) is 8.15. The molecule has 0 atom stereocenters. The van der Waals surface area contributed by atoms with Crippen molar-refractivity contribution in [3.63, 3.8) is 0 Å². The molecule has 160 valence electrons. The third kappa shape index (κ3) is 5.16. The number of nitrogens with one attached hydrogen (secondary N) is 1. The summed E-state index contributed by atoms with van der Waals surface area (Å²) in [4.78, 5) is 21.9. The van der Waals surface area contributed by atoms with E-state index in [2.05, 4.69) is 43.8 Å². The fourth-order valence-corrected chi connectivity index (χ4v) is 5.11. The van der Waals surface area contributed by atoms with Crippen molar-refractivity contribution in [2.75, 3.05) is 51.3 Å². The van der Waals surface area contributed by atoms with Gasteiger partial charge in [0.25, 0.3) is 5.91 Å². The van der Waals surface area contributed by atoms with Gasteiger partial charge in [-0.3, -0.25) is 9.69 Å². The number of hydrogen-bond acceptors (Lipinski definition) is 6. The number of carbonyl (C=O) groups excluding carboxylic acids is 1. The molecule has 2 aromatic carbocycles. The van der Waals surface area contributed by atoms with Crippen LogP contribution in [0.1, 0.15) is 10.4 Å². The maximum absolute atomic E-state index is 12.3. The predicted molar refractivity (Wildman–Crippen MR) is 134 cm³/mol. The normalized spacial score (nSPS) is 14.4. The van der Waals surface area contributed by atoms with Crippen LogP contribution in [0.2, 0.25) is 0 Å². The van der Waals surface area contributed by atoms with Gasteiger partial charge in [-0.2, -0.15) is 0 Å². The summed E-state index contributed by atoms with van der Waals surface area (Å²) in [5.74, 6) is 0.824. The molecule has 1 aliphatic rings. The minimum absolute atomic E-state index is 0. The number of ether oxygens (including phenoxy) is 1. The summed E-state index contributed by atoms with van der Waals surface area (Å²) in [7, 11) is 1.68. The number of fused-ring (bicyclic) bond motifs is 1. The van der Waals surface area contributed by atoms with Gasteiger partial charge in [-0.15, -0.1) is 12.4 Å². The first-order chi connectivity index (χ1) is 14.2. The number of anilines is 1. The van der Waals surface area contributed by atoms with Crippen LogP contribution in [0, 0.1) is 3.57 Å². The zero-order valence-corrected chi connectivity index (χ0v) is 20.4. The molecule has 1 saturated heterocycles. The number of amides is 1. The lowest BCUT2D eigenvalue weighted by atomic mass is 10.2. The van der Waals surface area contributed by atoms with Gasteiger partial charge in [0.05, 0.1) is 17.4 Å². The number of rotatable bonds is 6. The zero-order chi connectivity index (χ0) is 20.2. The van der Waals surface area contributed by atoms with Crippen molar-refractivity contribution >= 4 is 67.6 Å². The zero-order valence-electron chi connectivity index (χ0n) is 16.6. The van der Waals surface area contributed by atoms with Gasteiger partial charge in [0.15, 0.2) is 5.13 Å². The summed E-state index contributed by atoms with van der Waals surface area (Å²) in [5, 5.41) is 4.09. The molecule has 4 rings (SSSR count). The highest BCUT2D eigenvalue weighted by molar-refractivity contribution is 14.1. The highest BCUT2D eigenvalue weighted by atomic mass is 127. The Labute approximate surface area is 200 Å². The summed E-state index contributed by atoms with van der Waals surface area (Å²) in [6.07, 6.45) is 0. The number of aromatic nitrogens is 1. The Morgan fingerprint density at radius 2 is 1.93 bits per heavy atom. The first-order valence-electron chi connectivity index (χ1n) is 9.59. The van der Waals surface area contributed by atoms with Gasteiger partial charge >= 0.3 is 0 Å². The molecule has 1 N–H and O–H groups in total. The predicted octanol–water partition coefficient (Wildman–Crippen LogP) is 3.88. The van der Waals surface area contributed by atoms with E-state index in [4.69, 9.17) is 9.72 Å². The molecule has 0 spiro atoms. The lowest BCUT2D eigenvalue weighted by Crippen LogP contribution is -2.48. The number of methoxy groups -OCH3 is 1. The quantitative estimate of drug-likeness (QED) is 0.466. The second kappa shape index (κ2) is 10.6. The highest BCUT2D eigenvalue weighted by Gasteiger charge is 2.20. The van der Waals surface area contributed by atoms with Crippen molar-refractivity contribution in [1.82, 2.24) is 15.2 Å². The van der Waals surface area contributed by atoms with Crippen LogP contribution in [-0.4, -0.2) is 62.2 Å². The Balaban J connectivity index is 0.00000256. The number of benzene rings is 2. The molecular formula is C21H24ClIN4O2S. The first kappa shape index (κ1) is 23.1. The molecule has 1 aromatic heterocycles. The van der Waals surface area contributed by atoms with E-state index in [1.54, 1.807) is 18.4 Å². The van der Waals surface area contributed by atoms with Gasteiger partial charge in [0.2, 0.25) is 0 Å².